The third-order valence-corrected chi connectivity index (χ3v) is 5.90. The van der Waals surface area contributed by atoms with E-state index in [1.54, 1.807) is 6.07 Å². The smallest absolute Gasteiger partial charge is 0.327 e. The zero-order chi connectivity index (χ0) is 23.2. The van der Waals surface area contributed by atoms with Gasteiger partial charge in [-0.25, -0.2) is 8.42 Å². The summed E-state index contributed by atoms with van der Waals surface area (Å²) in [6, 6.07) is 8.12. The first-order valence-corrected chi connectivity index (χ1v) is 10.8. The highest BCUT2D eigenvalue weighted by molar-refractivity contribution is 7.89. The number of aliphatic hydroxyl groups is 1. The molecule has 31 heavy (non-hydrogen) atoms. The molecule has 0 aliphatic carbocycles. The van der Waals surface area contributed by atoms with E-state index >= 15 is 0 Å². The van der Waals surface area contributed by atoms with Gasteiger partial charge in [0.2, 0.25) is 15.8 Å². The number of ketones is 1. The fourth-order valence-electron chi connectivity index (χ4n) is 2.53. The van der Waals surface area contributed by atoms with E-state index in [0.29, 0.717) is 10.8 Å². The number of halogens is 1. The van der Waals surface area contributed by atoms with Gasteiger partial charge in [0.25, 0.3) is 0 Å². The molecule has 0 fully saturated rings. The van der Waals surface area contributed by atoms with Crippen LogP contribution in [0.15, 0.2) is 47.4 Å². The number of hydrogen-bond acceptors (Lipinski definition) is 8. The number of sulfonamides is 1. The van der Waals surface area contributed by atoms with Crippen LogP contribution in [-0.2, 0) is 19.6 Å². The van der Waals surface area contributed by atoms with E-state index in [2.05, 4.69) is 4.72 Å². The number of ether oxygens (including phenoxy) is 3. The van der Waals surface area contributed by atoms with Gasteiger partial charge in [0.05, 0.1) is 30.8 Å². The molecule has 9 nitrogen and oxygen atoms in total. The second kappa shape index (κ2) is 10.6. The van der Waals surface area contributed by atoms with Crippen LogP contribution in [0.25, 0.3) is 0 Å². The molecule has 0 spiro atoms. The van der Waals surface area contributed by atoms with Crippen LogP contribution in [0.2, 0.25) is 5.02 Å². The summed E-state index contributed by atoms with van der Waals surface area (Å²) < 4.78 is 42.3. The van der Waals surface area contributed by atoms with Crippen molar-refractivity contribution in [2.24, 2.45) is 0 Å². The van der Waals surface area contributed by atoms with E-state index in [9.17, 15) is 23.1 Å². The number of methoxy groups -OCH3 is 2. The van der Waals surface area contributed by atoms with Gasteiger partial charge >= 0.3 is 5.97 Å². The number of Topliss-reactive ketones (excluding diaryl/α,β-unsaturated/α-hetero) is 1. The van der Waals surface area contributed by atoms with E-state index in [4.69, 9.17) is 25.8 Å². The average molecular weight is 472 g/mol. The van der Waals surface area contributed by atoms with Gasteiger partial charge in [-0.2, -0.15) is 4.72 Å². The Balaban J connectivity index is 2.13. The zero-order valence-electron chi connectivity index (χ0n) is 17.0. The summed E-state index contributed by atoms with van der Waals surface area (Å²) in [6.07, 6.45) is -1.43. The third-order valence-electron chi connectivity index (χ3n) is 4.19. The van der Waals surface area contributed by atoms with E-state index in [0.717, 1.165) is 0 Å². The van der Waals surface area contributed by atoms with Gasteiger partial charge in [0.15, 0.2) is 6.61 Å². The SMILES string of the molecule is COc1ccc(OC)c(C(=O)COC(=O)[C@H](NS(=O)(=O)c2ccc(Cl)cc2)[C@H](C)O)c1. The number of hydrogen-bond donors (Lipinski definition) is 2. The van der Waals surface area contributed by atoms with Crippen molar-refractivity contribution in [1.82, 2.24) is 4.72 Å². The highest BCUT2D eigenvalue weighted by Gasteiger charge is 2.31. The molecule has 0 aromatic heterocycles. The Morgan fingerprint density at radius 3 is 2.29 bits per heavy atom. The molecule has 0 radical (unpaired) electrons. The van der Waals surface area contributed by atoms with Crippen molar-refractivity contribution in [2.75, 3.05) is 20.8 Å². The van der Waals surface area contributed by atoms with Crippen LogP contribution in [0.5, 0.6) is 11.5 Å². The van der Waals surface area contributed by atoms with Crippen molar-refractivity contribution in [1.29, 1.82) is 0 Å². The van der Waals surface area contributed by atoms with Gasteiger partial charge in [-0.15, -0.1) is 0 Å². The standard InChI is InChI=1S/C20H22ClNO8S/c1-12(23)19(22-31(26,27)15-7-4-13(21)5-8-15)20(25)30-11-17(24)16-10-14(28-2)6-9-18(16)29-3/h4-10,12,19,22-23H,11H2,1-3H3/t12-,19+/m0/s1. The Kier molecular flexibility index (Phi) is 8.40. The first-order chi connectivity index (χ1) is 14.6. The van der Waals surface area contributed by atoms with E-state index in [-0.39, 0.29) is 16.2 Å². The predicted molar refractivity (Wildman–Crippen MR) is 112 cm³/mol. The minimum absolute atomic E-state index is 0.116. The molecular formula is C20H22ClNO8S. The normalized spacial score (nSPS) is 13.2. The highest BCUT2D eigenvalue weighted by atomic mass is 35.5. The Morgan fingerprint density at radius 2 is 1.74 bits per heavy atom. The van der Waals surface area contributed by atoms with Crippen molar-refractivity contribution >= 4 is 33.4 Å². The molecule has 2 rings (SSSR count). The highest BCUT2D eigenvalue weighted by Crippen LogP contribution is 2.24. The van der Waals surface area contributed by atoms with Crippen molar-refractivity contribution in [3.05, 3.63) is 53.1 Å². The lowest BCUT2D eigenvalue weighted by atomic mass is 10.1. The summed E-state index contributed by atoms with van der Waals surface area (Å²) in [5, 5.41) is 10.2. The summed E-state index contributed by atoms with van der Waals surface area (Å²) in [4.78, 5) is 24.8. The summed E-state index contributed by atoms with van der Waals surface area (Å²) in [5.74, 6) is -1.08. The molecule has 0 bridgehead atoms. The molecule has 168 valence electrons. The van der Waals surface area contributed by atoms with Crippen LogP contribution < -0.4 is 14.2 Å². The second-order valence-corrected chi connectivity index (χ2v) is 8.54. The minimum atomic E-state index is -4.17. The lowest BCUT2D eigenvalue weighted by Crippen LogP contribution is -2.48. The fraction of sp³-hybridized carbons (Fsp3) is 0.300. The van der Waals surface area contributed by atoms with Crippen LogP contribution >= 0.6 is 11.6 Å². The van der Waals surface area contributed by atoms with Crippen molar-refractivity contribution in [3.8, 4) is 11.5 Å². The molecule has 0 unspecified atom stereocenters. The molecule has 0 saturated heterocycles. The summed E-state index contributed by atoms with van der Waals surface area (Å²) >= 11 is 5.75. The Hall–Kier alpha value is -2.66. The maximum Gasteiger partial charge on any atom is 0.327 e. The number of aliphatic hydroxyl groups excluding tert-OH is 1. The molecular weight excluding hydrogens is 450 g/mol. The summed E-state index contributed by atoms with van der Waals surface area (Å²) in [5.41, 5.74) is 0.116. The molecule has 0 heterocycles. The Labute approximate surface area is 184 Å². The van der Waals surface area contributed by atoms with Crippen LogP contribution in [0.4, 0.5) is 0 Å². The first-order valence-electron chi connectivity index (χ1n) is 8.97. The molecule has 2 atom stereocenters. The van der Waals surface area contributed by atoms with Gasteiger partial charge in [-0.3, -0.25) is 9.59 Å². The summed E-state index contributed by atoms with van der Waals surface area (Å²) in [7, 11) is -1.37. The van der Waals surface area contributed by atoms with Crippen molar-refractivity contribution < 1.29 is 37.3 Å². The quantitative estimate of drug-likeness (QED) is 0.396. The Morgan fingerprint density at radius 1 is 1.10 bits per heavy atom. The van der Waals surface area contributed by atoms with Crippen LogP contribution in [0, 0.1) is 0 Å². The fourth-order valence-corrected chi connectivity index (χ4v) is 3.91. The van der Waals surface area contributed by atoms with E-state index in [1.165, 1.54) is 57.5 Å². The summed E-state index contributed by atoms with van der Waals surface area (Å²) in [6.45, 7) is 0.511. The third kappa shape index (κ3) is 6.41. The van der Waals surface area contributed by atoms with Gasteiger partial charge in [-0.05, 0) is 49.4 Å². The van der Waals surface area contributed by atoms with Crippen molar-refractivity contribution in [3.63, 3.8) is 0 Å². The maximum absolute atomic E-state index is 12.5. The topological polar surface area (TPSA) is 128 Å². The Bertz CT molecular complexity index is 1040. The number of nitrogens with one attached hydrogen (secondary N) is 1. The number of rotatable bonds is 10. The zero-order valence-corrected chi connectivity index (χ0v) is 18.6. The minimum Gasteiger partial charge on any atom is -0.497 e. The predicted octanol–water partition coefficient (Wildman–Crippen LogP) is 1.81. The average Bonchev–Trinajstić information content (AvgIpc) is 2.75. The lowest BCUT2D eigenvalue weighted by Gasteiger charge is -2.20. The van der Waals surface area contributed by atoms with Gasteiger partial charge in [0.1, 0.15) is 17.5 Å². The molecule has 11 heteroatoms. The molecule has 2 N–H and O–H groups in total. The number of esters is 1. The van der Waals surface area contributed by atoms with Crippen molar-refractivity contribution in [2.45, 2.75) is 24.0 Å². The molecule has 2 aromatic rings. The van der Waals surface area contributed by atoms with Gasteiger partial charge in [0, 0.05) is 5.02 Å². The first kappa shape index (κ1) is 24.6. The second-order valence-electron chi connectivity index (χ2n) is 6.39. The van der Waals surface area contributed by atoms with Gasteiger partial charge < -0.3 is 19.3 Å². The van der Waals surface area contributed by atoms with Crippen LogP contribution in [-0.4, -0.2) is 58.2 Å². The molecule has 0 aliphatic heterocycles. The molecule has 0 saturated carbocycles. The molecule has 2 aromatic carbocycles. The number of carbonyl (C=O) groups excluding carboxylic acids is 2. The van der Waals surface area contributed by atoms with E-state index in [1.807, 2.05) is 0 Å². The van der Waals surface area contributed by atoms with Crippen LogP contribution in [0.3, 0.4) is 0 Å². The number of carbonyl (C=O) groups is 2. The van der Waals surface area contributed by atoms with Crippen LogP contribution in [0.1, 0.15) is 17.3 Å². The van der Waals surface area contributed by atoms with Gasteiger partial charge in [-0.1, -0.05) is 11.6 Å². The van der Waals surface area contributed by atoms with E-state index < -0.39 is 40.5 Å². The number of benzene rings is 2. The molecule has 0 amide bonds. The maximum atomic E-state index is 12.5. The molecule has 0 aliphatic rings. The largest absolute Gasteiger partial charge is 0.497 e. The monoisotopic (exact) mass is 471 g/mol. The lowest BCUT2D eigenvalue weighted by molar-refractivity contribution is -0.147.